The third kappa shape index (κ3) is 5.09. The quantitative estimate of drug-likeness (QED) is 0.686. The summed E-state index contributed by atoms with van der Waals surface area (Å²) in [7, 11) is 0. The van der Waals surface area contributed by atoms with E-state index in [-0.39, 0.29) is 0 Å². The van der Waals surface area contributed by atoms with E-state index in [9.17, 15) is 0 Å². The van der Waals surface area contributed by atoms with Crippen molar-refractivity contribution in [3.05, 3.63) is 72.8 Å². The molecular weight excluding hydrogens is 304 g/mol. The SMILES string of the molecule is C1=C\COc2ccc(cc2)OC/C=C\COc2ccc(cc2)OC/1. The van der Waals surface area contributed by atoms with Crippen LogP contribution in [0.4, 0.5) is 0 Å². The van der Waals surface area contributed by atoms with Crippen LogP contribution >= 0.6 is 0 Å². The second-order valence-electron chi connectivity index (χ2n) is 5.13. The predicted octanol–water partition coefficient (Wildman–Crippen LogP) is 4.03. The van der Waals surface area contributed by atoms with Gasteiger partial charge in [-0.3, -0.25) is 0 Å². The fraction of sp³-hybridized carbons (Fsp3) is 0.200. The van der Waals surface area contributed by atoms with Gasteiger partial charge in [-0.25, -0.2) is 0 Å². The summed E-state index contributed by atoms with van der Waals surface area (Å²) in [4.78, 5) is 0. The molecule has 4 bridgehead atoms. The Hall–Kier alpha value is -2.88. The number of rotatable bonds is 0. The normalized spacial score (nSPS) is 17.7. The number of hydrogen-bond donors (Lipinski definition) is 0. The molecule has 124 valence electrons. The zero-order valence-electron chi connectivity index (χ0n) is 13.4. The van der Waals surface area contributed by atoms with Gasteiger partial charge in [-0.1, -0.05) is 0 Å². The Balaban J connectivity index is 1.64. The van der Waals surface area contributed by atoms with E-state index in [2.05, 4.69) is 0 Å². The molecule has 0 aliphatic carbocycles. The first-order chi connectivity index (χ1) is 11.9. The molecule has 0 saturated carbocycles. The molecule has 4 heteroatoms. The summed E-state index contributed by atoms with van der Waals surface area (Å²) in [5, 5.41) is 0. The van der Waals surface area contributed by atoms with Gasteiger partial charge in [0, 0.05) is 0 Å². The largest absolute Gasteiger partial charge is 0.490 e. The van der Waals surface area contributed by atoms with E-state index in [1.165, 1.54) is 0 Å². The molecule has 6 rings (SSSR count). The molecule has 24 heavy (non-hydrogen) atoms. The van der Waals surface area contributed by atoms with Crippen molar-refractivity contribution < 1.29 is 18.9 Å². The minimum absolute atomic E-state index is 0.499. The summed E-state index contributed by atoms with van der Waals surface area (Å²) in [6, 6.07) is 15.2. The Bertz CT molecular complexity index is 552. The first-order valence-corrected chi connectivity index (χ1v) is 7.91. The van der Waals surface area contributed by atoms with Gasteiger partial charge in [0.1, 0.15) is 49.4 Å². The standard InChI is InChI=1S/C20H20O4/c1-2-14-22-18-9-11-20(12-10-18)24-16-4-3-15-23-19-7-5-17(6-8-19)21-13-1/h1-12H,13-16H2/b2-1-,4-3-. The highest BCUT2D eigenvalue weighted by atomic mass is 16.5. The maximum atomic E-state index is 5.64. The van der Waals surface area contributed by atoms with Crippen LogP contribution < -0.4 is 18.9 Å². The lowest BCUT2D eigenvalue weighted by atomic mass is 10.3. The predicted molar refractivity (Wildman–Crippen MR) is 93.1 cm³/mol. The van der Waals surface area contributed by atoms with Gasteiger partial charge >= 0.3 is 0 Å². The molecule has 0 saturated heterocycles. The van der Waals surface area contributed by atoms with Gasteiger partial charge in [0.15, 0.2) is 0 Å². The topological polar surface area (TPSA) is 36.9 Å². The van der Waals surface area contributed by atoms with Gasteiger partial charge in [0.25, 0.3) is 0 Å². The summed E-state index contributed by atoms with van der Waals surface area (Å²) in [5.74, 6) is 3.23. The highest BCUT2D eigenvalue weighted by molar-refractivity contribution is 5.32. The number of hydrogen-bond acceptors (Lipinski definition) is 4. The third-order valence-corrected chi connectivity index (χ3v) is 3.37. The van der Waals surface area contributed by atoms with Gasteiger partial charge in [-0.15, -0.1) is 0 Å². The van der Waals surface area contributed by atoms with Crippen LogP contribution in [-0.4, -0.2) is 26.4 Å². The summed E-state index contributed by atoms with van der Waals surface area (Å²) < 4.78 is 22.5. The summed E-state index contributed by atoms with van der Waals surface area (Å²) in [6.07, 6.45) is 7.74. The van der Waals surface area contributed by atoms with Crippen molar-refractivity contribution in [1.82, 2.24) is 0 Å². The maximum absolute atomic E-state index is 5.64. The van der Waals surface area contributed by atoms with Crippen molar-refractivity contribution in [2.24, 2.45) is 0 Å². The Morgan fingerprint density at radius 1 is 0.375 bits per heavy atom. The minimum Gasteiger partial charge on any atom is -0.490 e. The first kappa shape index (κ1) is 16.0. The van der Waals surface area contributed by atoms with E-state index < -0.39 is 0 Å². The van der Waals surface area contributed by atoms with Crippen molar-refractivity contribution in [3.63, 3.8) is 0 Å². The smallest absolute Gasteiger partial charge is 0.120 e. The van der Waals surface area contributed by atoms with Gasteiger partial charge in [0.2, 0.25) is 0 Å². The van der Waals surface area contributed by atoms with E-state index in [0.29, 0.717) is 26.4 Å². The monoisotopic (exact) mass is 324 g/mol. The van der Waals surface area contributed by atoms with E-state index in [1.807, 2.05) is 72.8 Å². The lowest BCUT2D eigenvalue weighted by Gasteiger charge is -2.08. The zero-order valence-corrected chi connectivity index (χ0v) is 13.4. The van der Waals surface area contributed by atoms with Crippen LogP contribution in [-0.2, 0) is 0 Å². The van der Waals surface area contributed by atoms with Gasteiger partial charge in [-0.2, -0.15) is 0 Å². The van der Waals surface area contributed by atoms with Crippen molar-refractivity contribution in [2.45, 2.75) is 0 Å². The van der Waals surface area contributed by atoms with Crippen LogP contribution in [0.5, 0.6) is 23.0 Å². The maximum Gasteiger partial charge on any atom is 0.120 e. The van der Waals surface area contributed by atoms with Crippen molar-refractivity contribution in [1.29, 1.82) is 0 Å². The average Bonchev–Trinajstić information content (AvgIpc) is 2.62. The molecule has 2 aromatic rings. The second kappa shape index (κ2) is 8.67. The van der Waals surface area contributed by atoms with Crippen LogP contribution in [0.15, 0.2) is 72.8 Å². The Labute approximate surface area is 141 Å². The summed E-state index contributed by atoms with van der Waals surface area (Å²) in [5.41, 5.74) is 0. The lowest BCUT2D eigenvalue weighted by Crippen LogP contribution is -1.99. The molecule has 0 fully saturated rings. The van der Waals surface area contributed by atoms with Gasteiger partial charge < -0.3 is 18.9 Å². The van der Waals surface area contributed by atoms with Crippen LogP contribution in [0.2, 0.25) is 0 Å². The Morgan fingerprint density at radius 3 is 0.792 bits per heavy atom. The molecule has 0 N–H and O–H groups in total. The summed E-state index contributed by atoms with van der Waals surface area (Å²) in [6.45, 7) is 2.00. The van der Waals surface area contributed by atoms with Gasteiger partial charge in [-0.05, 0) is 72.8 Å². The van der Waals surface area contributed by atoms with Crippen LogP contribution in [0.3, 0.4) is 0 Å². The van der Waals surface area contributed by atoms with Gasteiger partial charge in [0.05, 0.1) is 0 Å². The minimum atomic E-state index is 0.499. The van der Waals surface area contributed by atoms with Crippen molar-refractivity contribution in [3.8, 4) is 23.0 Å². The molecule has 4 aliphatic rings. The zero-order chi connectivity index (χ0) is 16.5. The fourth-order valence-corrected chi connectivity index (χ4v) is 2.11. The molecule has 4 nitrogen and oxygen atoms in total. The van der Waals surface area contributed by atoms with Crippen molar-refractivity contribution in [2.75, 3.05) is 26.4 Å². The third-order valence-electron chi connectivity index (χ3n) is 3.37. The van der Waals surface area contributed by atoms with Crippen LogP contribution in [0, 0.1) is 0 Å². The molecule has 0 spiro atoms. The fourth-order valence-electron chi connectivity index (χ4n) is 2.11. The van der Waals surface area contributed by atoms with E-state index in [4.69, 9.17) is 18.9 Å². The highest BCUT2D eigenvalue weighted by Gasteiger charge is 1.97. The van der Waals surface area contributed by atoms with E-state index in [0.717, 1.165) is 23.0 Å². The van der Waals surface area contributed by atoms with E-state index >= 15 is 0 Å². The molecule has 0 radical (unpaired) electrons. The van der Waals surface area contributed by atoms with Crippen molar-refractivity contribution >= 4 is 0 Å². The second-order valence-corrected chi connectivity index (χ2v) is 5.13. The number of ether oxygens (including phenoxy) is 4. The molecular formula is C20H20O4. The van der Waals surface area contributed by atoms with Crippen LogP contribution in [0.1, 0.15) is 0 Å². The van der Waals surface area contributed by atoms with E-state index in [1.54, 1.807) is 0 Å². The Morgan fingerprint density at radius 2 is 0.583 bits per heavy atom. The lowest BCUT2D eigenvalue weighted by molar-refractivity contribution is 0.340. The highest BCUT2D eigenvalue weighted by Crippen LogP contribution is 2.19. The molecule has 4 heterocycles. The Kier molecular flexibility index (Phi) is 5.78. The molecule has 0 unspecified atom stereocenters. The molecule has 0 atom stereocenters. The number of benzene rings is 2. The molecule has 0 amide bonds. The average molecular weight is 324 g/mol. The molecule has 4 aliphatic heterocycles. The molecule has 0 aromatic heterocycles. The molecule has 2 aromatic carbocycles. The summed E-state index contributed by atoms with van der Waals surface area (Å²) >= 11 is 0. The van der Waals surface area contributed by atoms with Crippen LogP contribution in [0.25, 0.3) is 0 Å². The first-order valence-electron chi connectivity index (χ1n) is 7.91.